The monoisotopic (exact) mass is 329 g/mol. The summed E-state index contributed by atoms with van der Waals surface area (Å²) in [5.74, 6) is -0.878. The van der Waals surface area contributed by atoms with Gasteiger partial charge in [-0.1, -0.05) is 29.6 Å². The number of ether oxygens (including phenoxy) is 1. The number of sulfonamides is 1. The molecule has 0 heterocycles. The van der Waals surface area contributed by atoms with Crippen molar-refractivity contribution in [3.63, 3.8) is 0 Å². The van der Waals surface area contributed by atoms with Gasteiger partial charge in [0.2, 0.25) is 15.9 Å². The van der Waals surface area contributed by atoms with Crippen molar-refractivity contribution in [3.8, 4) is 0 Å². The van der Waals surface area contributed by atoms with Gasteiger partial charge in [-0.25, -0.2) is 8.42 Å². The number of carbonyl (C=O) groups excluding carboxylic acids is 1. The highest BCUT2D eigenvalue weighted by atomic mass is 35.5. The van der Waals surface area contributed by atoms with Crippen LogP contribution in [0.25, 0.3) is 0 Å². The van der Waals surface area contributed by atoms with Crippen molar-refractivity contribution in [1.82, 2.24) is 4.72 Å². The van der Waals surface area contributed by atoms with E-state index in [0.29, 0.717) is 25.9 Å². The van der Waals surface area contributed by atoms with Gasteiger partial charge >= 0.3 is 0 Å². The lowest BCUT2D eigenvalue weighted by Gasteiger charge is -2.39. The highest BCUT2D eigenvalue weighted by molar-refractivity contribution is 7.90. The minimum Gasteiger partial charge on any atom is -0.385 e. The average Bonchev–Trinajstić information content (AvgIpc) is 2.24. The van der Waals surface area contributed by atoms with Crippen LogP contribution in [0.1, 0.15) is 25.7 Å². The summed E-state index contributed by atoms with van der Waals surface area (Å²) in [5, 5.41) is 0. The van der Waals surface area contributed by atoms with E-state index < -0.39 is 27.1 Å². The molecule has 5 nitrogen and oxygen atoms in total. The van der Waals surface area contributed by atoms with Gasteiger partial charge in [0.1, 0.15) is 4.49 Å². The molecule has 0 radical (unpaired) electrons. The van der Waals surface area contributed by atoms with Crippen molar-refractivity contribution in [2.24, 2.45) is 5.41 Å². The van der Waals surface area contributed by atoms with E-state index in [1.165, 1.54) is 0 Å². The van der Waals surface area contributed by atoms with E-state index in [0.717, 1.165) is 12.5 Å². The molecule has 110 valence electrons. The molecule has 0 unspecified atom stereocenters. The Morgan fingerprint density at radius 1 is 1.42 bits per heavy atom. The number of rotatable bonds is 7. The summed E-state index contributed by atoms with van der Waals surface area (Å²) in [5.41, 5.74) is -0.614. The topological polar surface area (TPSA) is 72.5 Å². The number of nitrogens with one attached hydrogen (secondary N) is 1. The molecular weight excluding hydrogens is 313 g/mol. The van der Waals surface area contributed by atoms with Crippen molar-refractivity contribution < 1.29 is 17.9 Å². The van der Waals surface area contributed by atoms with Gasteiger partial charge < -0.3 is 4.74 Å². The molecule has 0 aromatic rings. The SMILES string of the molecule is COCCC1(C(=O)NS(=O)(=O)CC=C(Cl)Cl)CCC1. The van der Waals surface area contributed by atoms with Crippen molar-refractivity contribution in [2.45, 2.75) is 25.7 Å². The third-order valence-electron chi connectivity index (χ3n) is 3.28. The van der Waals surface area contributed by atoms with Gasteiger partial charge in [-0.05, 0) is 25.3 Å². The second kappa shape index (κ2) is 6.92. The molecule has 0 bridgehead atoms. The average molecular weight is 330 g/mol. The second-order valence-corrected chi connectivity index (χ2v) is 7.36. The molecule has 0 spiro atoms. The number of carbonyl (C=O) groups is 1. The maximum Gasteiger partial charge on any atom is 0.239 e. The number of hydrogen-bond donors (Lipinski definition) is 1. The molecule has 1 rings (SSSR count). The quantitative estimate of drug-likeness (QED) is 0.774. The molecule has 0 atom stereocenters. The van der Waals surface area contributed by atoms with Crippen LogP contribution in [0.5, 0.6) is 0 Å². The van der Waals surface area contributed by atoms with Crippen molar-refractivity contribution in [2.75, 3.05) is 19.5 Å². The van der Waals surface area contributed by atoms with Gasteiger partial charge in [-0.3, -0.25) is 9.52 Å². The van der Waals surface area contributed by atoms with E-state index in [2.05, 4.69) is 4.72 Å². The van der Waals surface area contributed by atoms with Crippen LogP contribution in [0.15, 0.2) is 10.6 Å². The highest BCUT2D eigenvalue weighted by Gasteiger charge is 2.44. The molecule has 1 amide bonds. The van der Waals surface area contributed by atoms with Crippen molar-refractivity contribution in [1.29, 1.82) is 0 Å². The third-order valence-corrected chi connectivity index (χ3v) is 4.69. The summed E-state index contributed by atoms with van der Waals surface area (Å²) in [7, 11) is -2.20. The Labute approximate surface area is 123 Å². The van der Waals surface area contributed by atoms with Crippen LogP contribution in [0.2, 0.25) is 0 Å². The molecule has 1 N–H and O–H groups in total. The molecule has 1 aliphatic rings. The summed E-state index contributed by atoms with van der Waals surface area (Å²) in [6.07, 6.45) is 3.94. The summed E-state index contributed by atoms with van der Waals surface area (Å²) >= 11 is 10.7. The van der Waals surface area contributed by atoms with Crippen molar-refractivity contribution >= 4 is 39.1 Å². The molecule has 1 aliphatic carbocycles. The third kappa shape index (κ3) is 4.95. The van der Waals surface area contributed by atoms with E-state index in [4.69, 9.17) is 27.9 Å². The van der Waals surface area contributed by atoms with E-state index in [9.17, 15) is 13.2 Å². The molecule has 8 heteroatoms. The number of halogens is 2. The molecule has 0 aromatic heterocycles. The first kappa shape index (κ1) is 16.8. The minimum atomic E-state index is -3.75. The van der Waals surface area contributed by atoms with Crippen LogP contribution in [0, 0.1) is 5.41 Å². The number of hydrogen-bond acceptors (Lipinski definition) is 4. The lowest BCUT2D eigenvalue weighted by Crippen LogP contribution is -2.48. The number of amides is 1. The lowest BCUT2D eigenvalue weighted by molar-refractivity contribution is -0.135. The van der Waals surface area contributed by atoms with E-state index in [-0.39, 0.29) is 4.49 Å². The van der Waals surface area contributed by atoms with E-state index >= 15 is 0 Å². The van der Waals surface area contributed by atoms with Gasteiger partial charge in [-0.2, -0.15) is 0 Å². The Morgan fingerprint density at radius 3 is 2.47 bits per heavy atom. The molecule has 0 aromatic carbocycles. The molecular formula is C11H17Cl2NO4S. The molecule has 0 aliphatic heterocycles. The Bertz CT molecular complexity index is 453. The van der Waals surface area contributed by atoms with Crippen LogP contribution >= 0.6 is 23.2 Å². The summed E-state index contributed by atoms with van der Waals surface area (Å²) in [4.78, 5) is 12.1. The fraction of sp³-hybridized carbons (Fsp3) is 0.727. The van der Waals surface area contributed by atoms with Crippen LogP contribution in [0.4, 0.5) is 0 Å². The molecule has 0 saturated heterocycles. The van der Waals surface area contributed by atoms with E-state index in [1.807, 2.05) is 0 Å². The van der Waals surface area contributed by atoms with Gasteiger partial charge in [0.15, 0.2) is 0 Å². The zero-order chi connectivity index (χ0) is 14.5. The van der Waals surface area contributed by atoms with Crippen LogP contribution in [0.3, 0.4) is 0 Å². The first-order valence-electron chi connectivity index (χ1n) is 5.86. The largest absolute Gasteiger partial charge is 0.385 e. The normalized spacial score (nSPS) is 17.4. The zero-order valence-corrected chi connectivity index (χ0v) is 12.9. The Morgan fingerprint density at radius 2 is 2.05 bits per heavy atom. The highest BCUT2D eigenvalue weighted by Crippen LogP contribution is 2.44. The van der Waals surface area contributed by atoms with E-state index in [1.54, 1.807) is 7.11 Å². The summed E-state index contributed by atoms with van der Waals surface area (Å²) in [6, 6.07) is 0. The Balaban J connectivity index is 2.64. The van der Waals surface area contributed by atoms with Gasteiger partial charge in [0, 0.05) is 13.7 Å². The van der Waals surface area contributed by atoms with Crippen molar-refractivity contribution in [3.05, 3.63) is 10.6 Å². The lowest BCUT2D eigenvalue weighted by atomic mass is 9.66. The second-order valence-electron chi connectivity index (χ2n) is 4.58. The van der Waals surface area contributed by atoms with Crippen LogP contribution in [-0.2, 0) is 19.6 Å². The van der Waals surface area contributed by atoms with Crippen LogP contribution < -0.4 is 4.72 Å². The predicted octanol–water partition coefficient (Wildman–Crippen LogP) is 1.96. The molecule has 1 fully saturated rings. The fourth-order valence-corrected chi connectivity index (χ4v) is 3.26. The minimum absolute atomic E-state index is 0.143. The van der Waals surface area contributed by atoms with Gasteiger partial charge in [-0.15, -0.1) is 0 Å². The zero-order valence-electron chi connectivity index (χ0n) is 10.6. The standard InChI is InChI=1S/C11H17Cl2NO4S/c1-18-7-6-11(4-2-5-11)10(15)14-19(16,17)8-3-9(12)13/h3H,2,4-8H2,1H3,(H,14,15). The first-order chi connectivity index (χ1) is 8.81. The molecule has 1 saturated carbocycles. The maximum absolute atomic E-state index is 12.1. The first-order valence-corrected chi connectivity index (χ1v) is 8.27. The number of methoxy groups -OCH3 is 1. The van der Waals surface area contributed by atoms with Gasteiger partial charge in [0.05, 0.1) is 11.2 Å². The Kier molecular flexibility index (Phi) is 6.11. The smallest absolute Gasteiger partial charge is 0.239 e. The van der Waals surface area contributed by atoms with Gasteiger partial charge in [0.25, 0.3) is 0 Å². The maximum atomic E-state index is 12.1. The summed E-state index contributed by atoms with van der Waals surface area (Å²) < 4.78 is 30.3. The summed E-state index contributed by atoms with van der Waals surface area (Å²) in [6.45, 7) is 0.431. The van der Waals surface area contributed by atoms with Crippen LogP contribution in [-0.4, -0.2) is 33.8 Å². The predicted molar refractivity (Wildman–Crippen MR) is 74.5 cm³/mol. The fourth-order valence-electron chi connectivity index (χ4n) is 1.96. The Hall–Kier alpha value is -0.300. The molecule has 19 heavy (non-hydrogen) atoms.